The van der Waals surface area contributed by atoms with E-state index in [0.29, 0.717) is 17.5 Å². The summed E-state index contributed by atoms with van der Waals surface area (Å²) in [6.07, 6.45) is 3.55. The number of hydrogen-bond acceptors (Lipinski definition) is 5. The maximum Gasteiger partial charge on any atom is 0.242 e. The maximum absolute atomic E-state index is 13.4. The number of benzene rings is 1. The molecule has 1 aromatic carbocycles. The molecule has 0 spiro atoms. The van der Waals surface area contributed by atoms with Crippen LogP contribution in [0, 0.1) is 13.8 Å². The molecule has 0 saturated carbocycles. The lowest BCUT2D eigenvalue weighted by atomic mass is 9.85. The van der Waals surface area contributed by atoms with Crippen molar-refractivity contribution in [1.82, 2.24) is 15.0 Å². The molecule has 3 aromatic rings. The fourth-order valence-corrected chi connectivity index (χ4v) is 3.63. The second-order valence-electron chi connectivity index (χ2n) is 8.03. The second-order valence-corrected chi connectivity index (χ2v) is 8.03. The molecule has 1 aliphatic rings. The third-order valence-electron chi connectivity index (χ3n) is 5.37. The van der Waals surface area contributed by atoms with Gasteiger partial charge in [0.25, 0.3) is 0 Å². The number of anilines is 3. The fraction of sp³-hybridized carbons (Fsp3) is 0.261. The molecule has 0 radical (unpaired) electrons. The van der Waals surface area contributed by atoms with Crippen molar-refractivity contribution in [1.29, 1.82) is 0 Å². The number of hydrogen-bond donors (Lipinski definition) is 1. The number of fused-ring (bicyclic) bond motifs is 1. The molecule has 4 rings (SSSR count). The van der Waals surface area contributed by atoms with Crippen LogP contribution in [-0.4, -0.2) is 26.8 Å². The first-order valence-electron chi connectivity index (χ1n) is 9.72. The first-order chi connectivity index (χ1) is 14.2. The lowest BCUT2D eigenvalue weighted by molar-refractivity contribution is -0.121. The quantitative estimate of drug-likeness (QED) is 0.715. The topological polar surface area (TPSA) is 88.1 Å². The van der Waals surface area contributed by atoms with E-state index < -0.39 is 5.41 Å². The molecule has 0 fully saturated rings. The van der Waals surface area contributed by atoms with Crippen LogP contribution in [0.3, 0.4) is 0 Å². The number of rotatable bonds is 3. The third kappa shape index (κ3) is 3.22. The summed E-state index contributed by atoms with van der Waals surface area (Å²) >= 11 is 0. The van der Waals surface area contributed by atoms with Crippen LogP contribution >= 0.6 is 0 Å². The monoisotopic (exact) mass is 401 g/mol. The molecule has 1 aliphatic heterocycles. The van der Waals surface area contributed by atoms with Crippen LogP contribution in [0.25, 0.3) is 11.1 Å². The zero-order valence-electron chi connectivity index (χ0n) is 17.6. The van der Waals surface area contributed by atoms with Crippen molar-refractivity contribution in [3.05, 3.63) is 59.7 Å². The fourth-order valence-electron chi connectivity index (χ4n) is 3.63. The number of carbonyl (C=O) groups excluding carboxylic acids is 2. The molecular weight excluding hydrogens is 378 g/mol. The van der Waals surface area contributed by atoms with Crippen LogP contribution in [0.5, 0.6) is 0 Å². The first kappa shape index (κ1) is 19.7. The predicted molar refractivity (Wildman–Crippen MR) is 116 cm³/mol. The molecular formula is C23H23N5O2. The van der Waals surface area contributed by atoms with Gasteiger partial charge in [0.1, 0.15) is 17.5 Å². The Hall–Kier alpha value is -3.61. The van der Waals surface area contributed by atoms with Gasteiger partial charge in [0, 0.05) is 24.9 Å². The summed E-state index contributed by atoms with van der Waals surface area (Å²) in [4.78, 5) is 39.7. The van der Waals surface area contributed by atoms with Gasteiger partial charge < -0.3 is 5.32 Å². The zero-order valence-corrected chi connectivity index (χ0v) is 17.6. The Morgan fingerprint density at radius 1 is 1.03 bits per heavy atom. The molecule has 2 aromatic heterocycles. The lowest BCUT2D eigenvalue weighted by Gasteiger charge is -2.20. The Morgan fingerprint density at radius 3 is 2.40 bits per heavy atom. The Kier molecular flexibility index (Phi) is 4.61. The van der Waals surface area contributed by atoms with Crippen LogP contribution in [-0.2, 0) is 15.0 Å². The summed E-state index contributed by atoms with van der Waals surface area (Å²) in [7, 11) is 0. The zero-order chi connectivity index (χ0) is 21.6. The van der Waals surface area contributed by atoms with Gasteiger partial charge in [-0.15, -0.1) is 0 Å². The molecule has 0 atom stereocenters. The maximum atomic E-state index is 13.4. The van der Waals surface area contributed by atoms with E-state index in [1.807, 2.05) is 52.0 Å². The average molecular weight is 401 g/mol. The van der Waals surface area contributed by atoms with Crippen LogP contribution in [0.1, 0.15) is 37.7 Å². The first-order valence-corrected chi connectivity index (χ1v) is 9.72. The van der Waals surface area contributed by atoms with Crippen LogP contribution < -0.4 is 10.2 Å². The summed E-state index contributed by atoms with van der Waals surface area (Å²) in [6.45, 7) is 8.95. The van der Waals surface area contributed by atoms with E-state index >= 15 is 0 Å². The van der Waals surface area contributed by atoms with Crippen molar-refractivity contribution in [2.45, 2.75) is 40.0 Å². The number of amides is 2. The van der Waals surface area contributed by atoms with Gasteiger partial charge in [0.05, 0.1) is 11.1 Å². The van der Waals surface area contributed by atoms with Crippen molar-refractivity contribution in [2.75, 3.05) is 10.2 Å². The number of carbonyl (C=O) groups is 2. The minimum Gasteiger partial charge on any atom is -0.311 e. The Morgan fingerprint density at radius 2 is 1.73 bits per heavy atom. The SMILES string of the molecule is CC(=O)Nc1nc(N2C(=O)C(C)(C)c3ccc(-c4cnc(C)nc4)cc32)ccc1C. The number of nitrogens with zero attached hydrogens (tertiary/aromatic N) is 4. The van der Waals surface area contributed by atoms with Crippen LogP contribution in [0.4, 0.5) is 17.3 Å². The molecule has 0 bridgehead atoms. The number of nitrogens with one attached hydrogen (secondary N) is 1. The second kappa shape index (κ2) is 7.02. The minimum absolute atomic E-state index is 0.0695. The van der Waals surface area contributed by atoms with Crippen molar-refractivity contribution in [3.63, 3.8) is 0 Å². The van der Waals surface area contributed by atoms with Crippen LogP contribution in [0.15, 0.2) is 42.7 Å². The van der Waals surface area contributed by atoms with E-state index in [9.17, 15) is 9.59 Å². The summed E-state index contributed by atoms with van der Waals surface area (Å²) in [5.74, 6) is 1.34. The van der Waals surface area contributed by atoms with Gasteiger partial charge >= 0.3 is 0 Å². The molecule has 7 heteroatoms. The van der Waals surface area contributed by atoms with Gasteiger partial charge in [-0.1, -0.05) is 18.2 Å². The molecule has 0 aliphatic carbocycles. The molecule has 7 nitrogen and oxygen atoms in total. The minimum atomic E-state index is -0.696. The number of aryl methyl sites for hydroxylation is 2. The number of aromatic nitrogens is 3. The molecule has 0 unspecified atom stereocenters. The van der Waals surface area contributed by atoms with Crippen molar-refractivity contribution < 1.29 is 9.59 Å². The average Bonchev–Trinajstić information content (AvgIpc) is 2.89. The van der Waals surface area contributed by atoms with Gasteiger partial charge in [-0.05, 0) is 56.5 Å². The van der Waals surface area contributed by atoms with Crippen molar-refractivity contribution in [3.8, 4) is 11.1 Å². The highest BCUT2D eigenvalue weighted by atomic mass is 16.2. The highest BCUT2D eigenvalue weighted by Crippen LogP contribution is 2.46. The van der Waals surface area contributed by atoms with Crippen LogP contribution in [0.2, 0.25) is 0 Å². The largest absolute Gasteiger partial charge is 0.311 e. The molecule has 0 saturated heterocycles. The summed E-state index contributed by atoms with van der Waals surface area (Å²) in [5.41, 5.74) is 3.61. The van der Waals surface area contributed by atoms with E-state index in [0.717, 1.165) is 27.9 Å². The Bertz CT molecular complexity index is 1170. The Balaban J connectivity index is 1.85. The van der Waals surface area contributed by atoms with Crippen molar-refractivity contribution >= 4 is 29.1 Å². The van der Waals surface area contributed by atoms with Gasteiger partial charge in [0.15, 0.2) is 0 Å². The molecule has 30 heavy (non-hydrogen) atoms. The van der Waals surface area contributed by atoms with E-state index in [-0.39, 0.29) is 11.8 Å². The van der Waals surface area contributed by atoms with Gasteiger partial charge in [-0.2, -0.15) is 0 Å². The highest BCUT2D eigenvalue weighted by molar-refractivity contribution is 6.12. The highest BCUT2D eigenvalue weighted by Gasteiger charge is 2.45. The van der Waals surface area contributed by atoms with E-state index in [1.54, 1.807) is 23.4 Å². The normalized spacial score (nSPS) is 14.6. The Labute approximate surface area is 175 Å². The summed E-state index contributed by atoms with van der Waals surface area (Å²) in [5, 5.41) is 2.73. The third-order valence-corrected chi connectivity index (χ3v) is 5.37. The molecule has 152 valence electrons. The summed E-state index contributed by atoms with van der Waals surface area (Å²) < 4.78 is 0. The molecule has 1 N–H and O–H groups in total. The molecule has 3 heterocycles. The molecule has 2 amide bonds. The summed E-state index contributed by atoms with van der Waals surface area (Å²) in [6, 6.07) is 9.58. The predicted octanol–water partition coefficient (Wildman–Crippen LogP) is 4.07. The standard InChI is InChI=1S/C23H23N5O2/c1-13-6-9-20(27-21(13)26-15(3)29)28-19-10-16(17-11-24-14(2)25-12-17)7-8-18(19)23(4,5)22(28)30/h6-12H,1-5H3,(H,26,27,29). The van der Waals surface area contributed by atoms with E-state index in [1.165, 1.54) is 6.92 Å². The van der Waals surface area contributed by atoms with Gasteiger partial charge in [-0.3, -0.25) is 14.5 Å². The van der Waals surface area contributed by atoms with Crippen molar-refractivity contribution in [2.24, 2.45) is 0 Å². The van der Waals surface area contributed by atoms with Gasteiger partial charge in [-0.25, -0.2) is 15.0 Å². The smallest absolute Gasteiger partial charge is 0.242 e. The van der Waals surface area contributed by atoms with Gasteiger partial charge in [0.2, 0.25) is 11.8 Å². The lowest BCUT2D eigenvalue weighted by Crippen LogP contribution is -2.33. The van der Waals surface area contributed by atoms with E-state index in [4.69, 9.17) is 0 Å². The number of pyridine rings is 1. The van der Waals surface area contributed by atoms with E-state index in [2.05, 4.69) is 20.3 Å².